The second-order valence-electron chi connectivity index (χ2n) is 7.21. The predicted molar refractivity (Wildman–Crippen MR) is 98.6 cm³/mol. The highest BCUT2D eigenvalue weighted by Gasteiger charge is 2.25. The molecule has 1 aromatic rings. The number of anilines is 1. The summed E-state index contributed by atoms with van der Waals surface area (Å²) in [5.41, 5.74) is 3.09. The Labute approximate surface area is 149 Å². The van der Waals surface area contributed by atoms with E-state index in [1.54, 1.807) is 0 Å². The van der Waals surface area contributed by atoms with Crippen LogP contribution in [-0.2, 0) is 9.59 Å². The Morgan fingerprint density at radius 3 is 2.00 bits per heavy atom. The van der Waals surface area contributed by atoms with Crippen molar-refractivity contribution in [2.75, 3.05) is 44.6 Å². The van der Waals surface area contributed by atoms with Gasteiger partial charge < -0.3 is 10.6 Å². The molecule has 0 spiro atoms. The number of nitrogens with one attached hydrogen (secondary N) is 2. The second kappa shape index (κ2) is 7.97. The van der Waals surface area contributed by atoms with Crippen molar-refractivity contribution in [3.63, 3.8) is 0 Å². The summed E-state index contributed by atoms with van der Waals surface area (Å²) < 4.78 is 0. The van der Waals surface area contributed by atoms with Crippen LogP contribution in [0.2, 0.25) is 0 Å². The van der Waals surface area contributed by atoms with E-state index in [9.17, 15) is 9.59 Å². The summed E-state index contributed by atoms with van der Waals surface area (Å²) in [4.78, 5) is 28.5. The van der Waals surface area contributed by atoms with Crippen molar-refractivity contribution in [1.29, 1.82) is 0 Å². The molecule has 2 fully saturated rings. The second-order valence-corrected chi connectivity index (χ2v) is 7.21. The van der Waals surface area contributed by atoms with Crippen molar-refractivity contribution < 1.29 is 9.59 Å². The van der Waals surface area contributed by atoms with Gasteiger partial charge in [-0.25, -0.2) is 0 Å². The maximum atomic E-state index is 12.3. The maximum Gasteiger partial charge on any atom is 0.238 e. The summed E-state index contributed by atoms with van der Waals surface area (Å²) in [6, 6.07) is 6.43. The van der Waals surface area contributed by atoms with Crippen molar-refractivity contribution in [1.82, 2.24) is 15.1 Å². The third kappa shape index (κ3) is 5.28. The zero-order valence-corrected chi connectivity index (χ0v) is 15.2. The highest BCUT2D eigenvalue weighted by molar-refractivity contribution is 5.93. The number of hydrogen-bond donors (Lipinski definition) is 2. The van der Waals surface area contributed by atoms with E-state index in [4.69, 9.17) is 0 Å². The Hall–Kier alpha value is -1.92. The standard InChI is InChI=1S/C19H28N4O2/c1-14-4-3-5-15(2)19(14)21-18(25)13-23-10-8-22(9-11-23)12-17(24)20-16-6-7-16/h3-5,16H,6-13H2,1-2H3,(H,20,24)(H,21,25). The lowest BCUT2D eigenvalue weighted by Gasteiger charge is -2.33. The SMILES string of the molecule is Cc1cccc(C)c1NC(=O)CN1CCN(CC(=O)NC2CC2)CC1. The number of amides is 2. The van der Waals surface area contributed by atoms with Gasteiger partial charge in [-0.1, -0.05) is 18.2 Å². The van der Waals surface area contributed by atoms with E-state index < -0.39 is 0 Å². The molecule has 1 aliphatic heterocycles. The van der Waals surface area contributed by atoms with Gasteiger partial charge in [0.1, 0.15) is 0 Å². The third-order valence-corrected chi connectivity index (χ3v) is 4.89. The smallest absolute Gasteiger partial charge is 0.238 e. The fourth-order valence-corrected chi connectivity index (χ4v) is 3.20. The van der Waals surface area contributed by atoms with Gasteiger partial charge in [-0.15, -0.1) is 0 Å². The molecule has 2 amide bonds. The average Bonchev–Trinajstić information content (AvgIpc) is 3.37. The number of piperazine rings is 1. The van der Waals surface area contributed by atoms with Crippen molar-refractivity contribution in [2.24, 2.45) is 0 Å². The van der Waals surface area contributed by atoms with Crippen LogP contribution in [0.4, 0.5) is 5.69 Å². The molecule has 6 nitrogen and oxygen atoms in total. The molecule has 0 bridgehead atoms. The summed E-state index contributed by atoms with van der Waals surface area (Å²) in [6.45, 7) is 8.17. The van der Waals surface area contributed by atoms with E-state index in [0.717, 1.165) is 55.8 Å². The van der Waals surface area contributed by atoms with Crippen LogP contribution in [0.5, 0.6) is 0 Å². The average molecular weight is 344 g/mol. The van der Waals surface area contributed by atoms with Gasteiger partial charge in [-0.05, 0) is 37.8 Å². The molecule has 2 N–H and O–H groups in total. The van der Waals surface area contributed by atoms with Gasteiger partial charge in [-0.2, -0.15) is 0 Å². The summed E-state index contributed by atoms with van der Waals surface area (Å²) >= 11 is 0. The molecule has 1 heterocycles. The van der Waals surface area contributed by atoms with Crippen LogP contribution >= 0.6 is 0 Å². The Kier molecular flexibility index (Phi) is 5.71. The molecule has 1 saturated heterocycles. The van der Waals surface area contributed by atoms with Crippen molar-refractivity contribution in [3.05, 3.63) is 29.3 Å². The molecule has 6 heteroatoms. The highest BCUT2D eigenvalue weighted by Crippen LogP contribution is 2.19. The van der Waals surface area contributed by atoms with Gasteiger partial charge in [0, 0.05) is 37.9 Å². The van der Waals surface area contributed by atoms with Gasteiger partial charge >= 0.3 is 0 Å². The monoisotopic (exact) mass is 344 g/mol. The number of rotatable bonds is 6. The quantitative estimate of drug-likeness (QED) is 0.812. The lowest BCUT2D eigenvalue weighted by Crippen LogP contribution is -2.51. The molecule has 25 heavy (non-hydrogen) atoms. The summed E-state index contributed by atoms with van der Waals surface area (Å²) in [5, 5.41) is 6.06. The number of carbonyl (C=O) groups excluding carboxylic acids is 2. The normalized spacial score (nSPS) is 18.8. The first-order valence-corrected chi connectivity index (χ1v) is 9.11. The molecule has 1 aliphatic carbocycles. The molecular weight excluding hydrogens is 316 g/mol. The number of hydrogen-bond acceptors (Lipinski definition) is 4. The molecule has 2 aliphatic rings. The van der Waals surface area contributed by atoms with Crippen LogP contribution in [0.25, 0.3) is 0 Å². The molecule has 1 aromatic carbocycles. The number of aryl methyl sites for hydroxylation is 2. The van der Waals surface area contributed by atoms with Crippen molar-refractivity contribution >= 4 is 17.5 Å². The van der Waals surface area contributed by atoms with Crippen molar-refractivity contribution in [2.45, 2.75) is 32.7 Å². The molecule has 0 aromatic heterocycles. The predicted octanol–water partition coefficient (Wildman–Crippen LogP) is 1.14. The molecule has 0 atom stereocenters. The molecule has 136 valence electrons. The molecule has 0 unspecified atom stereocenters. The van der Waals surface area contributed by atoms with E-state index in [-0.39, 0.29) is 11.8 Å². The fraction of sp³-hybridized carbons (Fsp3) is 0.579. The van der Waals surface area contributed by atoms with E-state index in [0.29, 0.717) is 19.1 Å². The minimum atomic E-state index is 0.0253. The molecule has 3 rings (SSSR count). The Bertz CT molecular complexity index is 614. The van der Waals surface area contributed by atoms with Crippen LogP contribution in [0.3, 0.4) is 0 Å². The van der Waals surface area contributed by atoms with E-state index >= 15 is 0 Å². The van der Waals surface area contributed by atoms with E-state index in [1.807, 2.05) is 32.0 Å². The Balaban J connectivity index is 1.40. The Morgan fingerprint density at radius 1 is 0.960 bits per heavy atom. The Morgan fingerprint density at radius 2 is 1.48 bits per heavy atom. The lowest BCUT2D eigenvalue weighted by atomic mass is 10.1. The summed E-state index contributed by atoms with van der Waals surface area (Å²) in [7, 11) is 0. The van der Waals surface area contributed by atoms with Crippen molar-refractivity contribution in [3.8, 4) is 0 Å². The first-order valence-electron chi connectivity index (χ1n) is 9.11. The summed E-state index contributed by atoms with van der Waals surface area (Å²) in [5.74, 6) is 0.154. The van der Waals surface area contributed by atoms with Gasteiger partial charge in [-0.3, -0.25) is 19.4 Å². The van der Waals surface area contributed by atoms with Crippen LogP contribution in [0.15, 0.2) is 18.2 Å². The molecule has 0 radical (unpaired) electrons. The van der Waals surface area contributed by atoms with Crippen LogP contribution in [0, 0.1) is 13.8 Å². The lowest BCUT2D eigenvalue weighted by molar-refractivity contribution is -0.123. The van der Waals surface area contributed by atoms with Gasteiger partial charge in [0.25, 0.3) is 0 Å². The number of para-hydroxylation sites is 1. The minimum Gasteiger partial charge on any atom is -0.352 e. The molecular formula is C19H28N4O2. The molecule has 1 saturated carbocycles. The maximum absolute atomic E-state index is 12.3. The van der Waals surface area contributed by atoms with Gasteiger partial charge in [0.05, 0.1) is 13.1 Å². The fourth-order valence-electron chi connectivity index (χ4n) is 3.20. The number of carbonyl (C=O) groups is 2. The topological polar surface area (TPSA) is 64.7 Å². The highest BCUT2D eigenvalue weighted by atomic mass is 16.2. The zero-order valence-electron chi connectivity index (χ0n) is 15.2. The zero-order chi connectivity index (χ0) is 17.8. The van der Waals surface area contributed by atoms with Crippen LogP contribution in [-0.4, -0.2) is 66.9 Å². The van der Waals surface area contributed by atoms with Gasteiger partial charge in [0.2, 0.25) is 11.8 Å². The minimum absolute atomic E-state index is 0.0253. The summed E-state index contributed by atoms with van der Waals surface area (Å²) in [6.07, 6.45) is 2.24. The third-order valence-electron chi connectivity index (χ3n) is 4.89. The van der Waals surface area contributed by atoms with E-state index in [1.165, 1.54) is 0 Å². The van der Waals surface area contributed by atoms with Gasteiger partial charge in [0.15, 0.2) is 0 Å². The number of nitrogens with zero attached hydrogens (tertiary/aromatic N) is 2. The van der Waals surface area contributed by atoms with E-state index in [2.05, 4.69) is 20.4 Å². The van der Waals surface area contributed by atoms with Crippen LogP contribution < -0.4 is 10.6 Å². The first kappa shape index (κ1) is 17.9. The first-order chi connectivity index (χ1) is 12.0. The van der Waals surface area contributed by atoms with Crippen LogP contribution in [0.1, 0.15) is 24.0 Å². The number of benzene rings is 1. The largest absolute Gasteiger partial charge is 0.352 e.